The van der Waals surface area contributed by atoms with Gasteiger partial charge in [-0.2, -0.15) is 0 Å². The van der Waals surface area contributed by atoms with Gasteiger partial charge in [0.15, 0.2) is 0 Å². The van der Waals surface area contributed by atoms with Crippen molar-refractivity contribution in [3.05, 3.63) is 43.7 Å². The highest BCUT2D eigenvalue weighted by molar-refractivity contribution is 6.30. The number of hydrogen-bond acceptors (Lipinski definition) is 4. The topological polar surface area (TPSA) is 85.6 Å². The Kier molecular flexibility index (Phi) is 4.39. The van der Waals surface area contributed by atoms with E-state index in [1.54, 1.807) is 10.9 Å². The maximum atomic E-state index is 12.3. The van der Waals surface area contributed by atoms with Gasteiger partial charge >= 0.3 is 5.69 Å². The first-order valence-electron chi connectivity index (χ1n) is 6.39. The molecule has 20 heavy (non-hydrogen) atoms. The molecule has 0 amide bonds. The molecule has 0 aliphatic carbocycles. The van der Waals surface area contributed by atoms with Crippen molar-refractivity contribution in [3.63, 3.8) is 0 Å². The second kappa shape index (κ2) is 6.04. The first-order chi connectivity index (χ1) is 9.54. The summed E-state index contributed by atoms with van der Waals surface area (Å²) in [5.74, 6) is 0.711. The van der Waals surface area contributed by atoms with E-state index in [0.29, 0.717) is 24.2 Å². The van der Waals surface area contributed by atoms with Gasteiger partial charge in [0.05, 0.1) is 5.56 Å². The van der Waals surface area contributed by atoms with Gasteiger partial charge in [-0.1, -0.05) is 24.9 Å². The van der Waals surface area contributed by atoms with Crippen molar-refractivity contribution >= 4 is 11.6 Å². The summed E-state index contributed by atoms with van der Waals surface area (Å²) in [5.41, 5.74) is -0.378. The molecule has 7 nitrogen and oxygen atoms in total. The van der Waals surface area contributed by atoms with Gasteiger partial charge in [0.2, 0.25) is 0 Å². The van der Waals surface area contributed by atoms with Crippen LogP contribution in [0.1, 0.15) is 24.7 Å². The molecule has 0 fully saturated rings. The van der Waals surface area contributed by atoms with E-state index in [2.05, 4.69) is 15.2 Å². The van der Waals surface area contributed by atoms with Crippen molar-refractivity contribution < 1.29 is 0 Å². The molecule has 0 saturated carbocycles. The first-order valence-corrected chi connectivity index (χ1v) is 6.76. The van der Waals surface area contributed by atoms with Crippen LogP contribution >= 0.6 is 11.6 Å². The van der Waals surface area contributed by atoms with Gasteiger partial charge in [0.25, 0.3) is 5.56 Å². The zero-order valence-electron chi connectivity index (χ0n) is 11.4. The average molecular weight is 298 g/mol. The molecule has 0 spiro atoms. The highest BCUT2D eigenvalue weighted by Gasteiger charge is 2.12. The van der Waals surface area contributed by atoms with Crippen LogP contribution in [0.15, 0.2) is 15.9 Å². The molecule has 0 unspecified atom stereocenters. The highest BCUT2D eigenvalue weighted by Crippen LogP contribution is 2.08. The minimum Gasteiger partial charge on any atom is -0.321 e. The highest BCUT2D eigenvalue weighted by atomic mass is 35.5. The summed E-state index contributed by atoms with van der Waals surface area (Å²) in [4.78, 5) is 26.6. The van der Waals surface area contributed by atoms with Gasteiger partial charge in [0.1, 0.15) is 17.3 Å². The van der Waals surface area contributed by atoms with Crippen LogP contribution in [0.3, 0.4) is 0 Å². The molecule has 108 valence electrons. The molecule has 0 atom stereocenters. The summed E-state index contributed by atoms with van der Waals surface area (Å²) in [7, 11) is 1.81. The Morgan fingerprint density at radius 3 is 2.70 bits per heavy atom. The third-order valence-electron chi connectivity index (χ3n) is 3.09. The first kappa shape index (κ1) is 14.5. The van der Waals surface area contributed by atoms with Crippen LogP contribution in [-0.4, -0.2) is 24.3 Å². The number of H-pyrrole nitrogens is 1. The number of hydrogen-bond donors (Lipinski definition) is 1. The van der Waals surface area contributed by atoms with E-state index in [-0.39, 0.29) is 17.3 Å². The van der Waals surface area contributed by atoms with E-state index >= 15 is 0 Å². The van der Waals surface area contributed by atoms with Crippen molar-refractivity contribution in [3.8, 4) is 0 Å². The Hall–Kier alpha value is -1.89. The van der Waals surface area contributed by atoms with E-state index in [1.165, 1.54) is 0 Å². The number of nitrogens with one attached hydrogen (secondary N) is 1. The molecule has 8 heteroatoms. The summed E-state index contributed by atoms with van der Waals surface area (Å²) in [6, 6.07) is 0. The van der Waals surface area contributed by atoms with E-state index in [9.17, 15) is 9.59 Å². The van der Waals surface area contributed by atoms with Crippen LogP contribution in [0.4, 0.5) is 0 Å². The smallest absolute Gasteiger partial charge is 0.321 e. The lowest BCUT2D eigenvalue weighted by atomic mass is 10.2. The molecular formula is C12H16ClN5O2. The molecule has 1 N–H and O–H groups in total. The Balaban J connectivity index is 2.32. The maximum absolute atomic E-state index is 12.3. The maximum Gasteiger partial charge on any atom is 0.329 e. The van der Waals surface area contributed by atoms with E-state index < -0.39 is 5.69 Å². The van der Waals surface area contributed by atoms with Crippen molar-refractivity contribution in [1.29, 1.82) is 0 Å². The Morgan fingerprint density at radius 1 is 1.35 bits per heavy atom. The molecule has 0 radical (unpaired) electrons. The van der Waals surface area contributed by atoms with Gasteiger partial charge in [-0.15, -0.1) is 10.2 Å². The van der Waals surface area contributed by atoms with Crippen molar-refractivity contribution in [2.45, 2.75) is 32.7 Å². The van der Waals surface area contributed by atoms with Crippen LogP contribution in [0.25, 0.3) is 0 Å². The van der Waals surface area contributed by atoms with Crippen LogP contribution < -0.4 is 11.2 Å². The van der Waals surface area contributed by atoms with Crippen LogP contribution in [-0.2, 0) is 26.4 Å². The molecule has 2 rings (SSSR count). The van der Waals surface area contributed by atoms with Crippen molar-refractivity contribution in [2.24, 2.45) is 7.05 Å². The van der Waals surface area contributed by atoms with E-state index in [4.69, 9.17) is 11.6 Å². The predicted molar refractivity (Wildman–Crippen MR) is 75.0 cm³/mol. The van der Waals surface area contributed by atoms with Gasteiger partial charge in [-0.05, 0) is 6.42 Å². The lowest BCUT2D eigenvalue weighted by Gasteiger charge is -2.08. The predicted octanol–water partition coefficient (Wildman–Crippen LogP) is 0.514. The summed E-state index contributed by atoms with van der Waals surface area (Å²) in [5, 5.41) is 7.82. The van der Waals surface area contributed by atoms with Gasteiger partial charge in [0, 0.05) is 20.0 Å². The summed E-state index contributed by atoms with van der Waals surface area (Å²) >= 11 is 5.92. The molecule has 0 aromatic carbocycles. The summed E-state index contributed by atoms with van der Waals surface area (Å²) in [6.07, 6.45) is 3.35. The Morgan fingerprint density at radius 2 is 2.10 bits per heavy atom. The molecule has 0 bridgehead atoms. The molecule has 2 aromatic rings. The number of nitrogens with zero attached hydrogens (tertiary/aromatic N) is 4. The molecule has 2 aromatic heterocycles. The number of aromatic amines is 1. The van der Waals surface area contributed by atoms with Crippen LogP contribution in [0, 0.1) is 0 Å². The number of halogens is 1. The number of rotatable bonds is 5. The van der Waals surface area contributed by atoms with Gasteiger partial charge < -0.3 is 4.57 Å². The summed E-state index contributed by atoms with van der Waals surface area (Å²) < 4.78 is 2.91. The van der Waals surface area contributed by atoms with Gasteiger partial charge in [-0.25, -0.2) is 4.79 Å². The summed E-state index contributed by atoms with van der Waals surface area (Å²) in [6.45, 7) is 2.19. The van der Waals surface area contributed by atoms with E-state index in [1.807, 2.05) is 14.0 Å². The lowest BCUT2D eigenvalue weighted by molar-refractivity contribution is 0.592. The second-order valence-corrected chi connectivity index (χ2v) is 4.92. The third kappa shape index (κ3) is 2.82. The SMILES string of the molecule is CCCc1c(Cl)[nH]c(=O)n(CCc2nncn2C)c1=O. The fraction of sp³-hybridized carbons (Fsp3) is 0.500. The number of aryl methyl sites for hydroxylation is 2. The molecule has 0 aliphatic heterocycles. The quantitative estimate of drug-likeness (QED) is 0.815. The minimum atomic E-state index is -0.498. The Bertz CT molecular complexity index is 715. The normalized spacial score (nSPS) is 10.9. The molecule has 0 aliphatic rings. The fourth-order valence-electron chi connectivity index (χ4n) is 2.00. The monoisotopic (exact) mass is 297 g/mol. The average Bonchev–Trinajstić information content (AvgIpc) is 2.80. The third-order valence-corrected chi connectivity index (χ3v) is 3.42. The van der Waals surface area contributed by atoms with Crippen LogP contribution in [0.5, 0.6) is 0 Å². The van der Waals surface area contributed by atoms with E-state index in [0.717, 1.165) is 11.0 Å². The zero-order valence-corrected chi connectivity index (χ0v) is 12.1. The number of aromatic nitrogens is 5. The largest absolute Gasteiger partial charge is 0.329 e. The molecular weight excluding hydrogens is 282 g/mol. The van der Waals surface area contributed by atoms with Crippen molar-refractivity contribution in [2.75, 3.05) is 0 Å². The molecule has 0 saturated heterocycles. The molecule has 2 heterocycles. The van der Waals surface area contributed by atoms with Crippen molar-refractivity contribution in [1.82, 2.24) is 24.3 Å². The zero-order chi connectivity index (χ0) is 14.7. The second-order valence-electron chi connectivity index (χ2n) is 4.54. The Labute approximate surface area is 120 Å². The minimum absolute atomic E-state index is 0.136. The van der Waals surface area contributed by atoms with Crippen LogP contribution in [0.2, 0.25) is 5.15 Å². The van der Waals surface area contributed by atoms with Gasteiger partial charge in [-0.3, -0.25) is 14.3 Å². The fourth-order valence-corrected chi connectivity index (χ4v) is 2.26. The lowest BCUT2D eigenvalue weighted by Crippen LogP contribution is -2.38. The standard InChI is InChI=1S/C12H16ClN5O2/c1-3-4-8-10(13)15-12(20)18(11(8)19)6-5-9-16-14-7-17(9)2/h7H,3-6H2,1-2H3,(H,15,20).